The molecule has 2 amide bonds. The average Bonchev–Trinajstić information content (AvgIpc) is 2.44. The molecule has 0 heterocycles. The number of aliphatic carboxylic acids is 1. The third kappa shape index (κ3) is 4.71. The molecule has 0 aliphatic rings. The van der Waals surface area contributed by atoms with Crippen molar-refractivity contribution in [1.29, 1.82) is 5.26 Å². The summed E-state index contributed by atoms with van der Waals surface area (Å²) in [6.45, 7) is -0.305. The minimum Gasteiger partial charge on any atom is -0.480 e. The molecule has 0 radical (unpaired) electrons. The zero-order valence-corrected chi connectivity index (χ0v) is 10.7. The number of carboxylic acid groups (broad SMARTS) is 1. The number of rotatable bonds is 5. The molecule has 0 unspecified atom stereocenters. The number of amides is 2. The third-order valence-electron chi connectivity index (χ3n) is 2.42. The van der Waals surface area contributed by atoms with E-state index in [-0.39, 0.29) is 13.1 Å². The van der Waals surface area contributed by atoms with Gasteiger partial charge in [-0.2, -0.15) is 5.26 Å². The number of hydrogen-bond acceptors (Lipinski definition) is 3. The first-order valence-corrected chi connectivity index (χ1v) is 5.74. The van der Waals surface area contributed by atoms with E-state index in [4.69, 9.17) is 16.8 Å². The number of nitriles is 1. The maximum atomic E-state index is 11.8. The molecule has 2 N–H and O–H groups in total. The van der Waals surface area contributed by atoms with Crippen LogP contribution in [0.4, 0.5) is 4.79 Å². The number of benzene rings is 1. The normalized spacial score (nSPS) is 9.10. The molecule has 20 heavy (non-hydrogen) atoms. The van der Waals surface area contributed by atoms with Crippen molar-refractivity contribution in [3.05, 3.63) is 35.4 Å². The van der Waals surface area contributed by atoms with Crippen LogP contribution >= 0.6 is 0 Å². The number of terminal acetylenes is 1. The van der Waals surface area contributed by atoms with E-state index in [9.17, 15) is 9.59 Å². The monoisotopic (exact) mass is 271 g/mol. The first-order valence-electron chi connectivity index (χ1n) is 5.74. The van der Waals surface area contributed by atoms with E-state index >= 15 is 0 Å². The second-order valence-electron chi connectivity index (χ2n) is 3.92. The van der Waals surface area contributed by atoms with Crippen LogP contribution in [0.3, 0.4) is 0 Å². The van der Waals surface area contributed by atoms with E-state index < -0.39 is 18.5 Å². The highest BCUT2D eigenvalue weighted by Gasteiger charge is 2.15. The van der Waals surface area contributed by atoms with Crippen molar-refractivity contribution in [2.45, 2.75) is 6.54 Å². The van der Waals surface area contributed by atoms with Gasteiger partial charge in [-0.1, -0.05) is 18.1 Å². The molecule has 0 spiro atoms. The standard InChI is InChI=1S/C14H13N3O3/c1-2-7-17(10-13(18)19)14(20)16-9-12-5-3-11(8-15)4-6-12/h1,3-6H,7,9-10H2,(H,16,20)(H,18,19). The fourth-order valence-corrected chi connectivity index (χ4v) is 1.46. The highest BCUT2D eigenvalue weighted by molar-refractivity contribution is 5.80. The summed E-state index contributed by atoms with van der Waals surface area (Å²) in [5.74, 6) is 1.10. The van der Waals surface area contributed by atoms with Crippen LogP contribution in [-0.4, -0.2) is 35.1 Å². The first kappa shape index (κ1) is 15.1. The lowest BCUT2D eigenvalue weighted by molar-refractivity contribution is -0.137. The molecule has 1 aromatic rings. The highest BCUT2D eigenvalue weighted by atomic mass is 16.4. The Morgan fingerprint density at radius 1 is 1.35 bits per heavy atom. The second-order valence-corrected chi connectivity index (χ2v) is 3.92. The molecule has 0 saturated carbocycles. The van der Waals surface area contributed by atoms with Crippen molar-refractivity contribution in [3.8, 4) is 18.4 Å². The smallest absolute Gasteiger partial charge is 0.323 e. The number of carboxylic acids is 1. The Labute approximate surface area is 116 Å². The van der Waals surface area contributed by atoms with E-state index in [1.807, 2.05) is 6.07 Å². The summed E-state index contributed by atoms with van der Waals surface area (Å²) < 4.78 is 0. The summed E-state index contributed by atoms with van der Waals surface area (Å²) in [6.07, 6.45) is 5.09. The van der Waals surface area contributed by atoms with Crippen LogP contribution in [0.25, 0.3) is 0 Å². The Balaban J connectivity index is 2.58. The Hall–Kier alpha value is -2.99. The molecule has 0 aromatic heterocycles. The summed E-state index contributed by atoms with van der Waals surface area (Å²) in [7, 11) is 0. The number of nitrogens with zero attached hydrogens (tertiary/aromatic N) is 2. The number of carbonyl (C=O) groups excluding carboxylic acids is 1. The zero-order valence-electron chi connectivity index (χ0n) is 10.7. The summed E-state index contributed by atoms with van der Waals surface area (Å²) in [4.78, 5) is 23.4. The molecule has 6 nitrogen and oxygen atoms in total. The van der Waals surface area contributed by atoms with Crippen molar-refractivity contribution in [2.75, 3.05) is 13.1 Å². The van der Waals surface area contributed by atoms with E-state index in [1.165, 1.54) is 0 Å². The quantitative estimate of drug-likeness (QED) is 0.774. The molecule has 1 rings (SSSR count). The van der Waals surface area contributed by atoms with Gasteiger partial charge in [-0.3, -0.25) is 4.79 Å². The number of hydrogen-bond donors (Lipinski definition) is 2. The highest BCUT2D eigenvalue weighted by Crippen LogP contribution is 2.03. The molecule has 0 fully saturated rings. The molecule has 0 aliphatic carbocycles. The predicted molar refractivity (Wildman–Crippen MR) is 71.4 cm³/mol. The third-order valence-corrected chi connectivity index (χ3v) is 2.42. The Bertz CT molecular complexity index is 567. The minimum absolute atomic E-state index is 0.0779. The largest absolute Gasteiger partial charge is 0.480 e. The van der Waals surface area contributed by atoms with Gasteiger partial charge in [0.15, 0.2) is 0 Å². The van der Waals surface area contributed by atoms with Crippen LogP contribution in [0.15, 0.2) is 24.3 Å². The molecule has 102 valence electrons. The van der Waals surface area contributed by atoms with Crippen LogP contribution in [0.1, 0.15) is 11.1 Å². The van der Waals surface area contributed by atoms with Crippen LogP contribution in [0.2, 0.25) is 0 Å². The van der Waals surface area contributed by atoms with E-state index in [0.29, 0.717) is 5.56 Å². The maximum absolute atomic E-state index is 11.8. The topological polar surface area (TPSA) is 93.4 Å². The van der Waals surface area contributed by atoms with E-state index in [1.54, 1.807) is 24.3 Å². The molecule has 0 atom stereocenters. The van der Waals surface area contributed by atoms with Gasteiger partial charge >= 0.3 is 12.0 Å². The van der Waals surface area contributed by atoms with Gasteiger partial charge in [0.1, 0.15) is 6.54 Å². The Morgan fingerprint density at radius 2 is 2.00 bits per heavy atom. The SMILES string of the molecule is C#CCN(CC(=O)O)C(=O)NCc1ccc(C#N)cc1. The van der Waals surface area contributed by atoms with Gasteiger partial charge in [-0.25, -0.2) is 4.79 Å². The van der Waals surface area contributed by atoms with Crippen LogP contribution < -0.4 is 5.32 Å². The van der Waals surface area contributed by atoms with Gasteiger partial charge in [0, 0.05) is 6.54 Å². The van der Waals surface area contributed by atoms with Crippen molar-refractivity contribution >= 4 is 12.0 Å². The fraction of sp³-hybridized carbons (Fsp3) is 0.214. The average molecular weight is 271 g/mol. The summed E-state index contributed by atoms with van der Waals surface area (Å²) in [5, 5.41) is 19.9. The minimum atomic E-state index is -1.13. The van der Waals surface area contributed by atoms with Gasteiger partial charge < -0.3 is 15.3 Å². The van der Waals surface area contributed by atoms with Gasteiger partial charge in [0.25, 0.3) is 0 Å². The molecule has 0 saturated heterocycles. The Morgan fingerprint density at radius 3 is 2.50 bits per heavy atom. The number of carbonyl (C=O) groups is 2. The van der Waals surface area contributed by atoms with Crippen LogP contribution in [0.5, 0.6) is 0 Å². The summed E-state index contributed by atoms with van der Waals surface area (Å²) in [6, 6.07) is 8.14. The van der Waals surface area contributed by atoms with Crippen molar-refractivity contribution in [3.63, 3.8) is 0 Å². The number of nitrogens with one attached hydrogen (secondary N) is 1. The predicted octanol–water partition coefficient (Wildman–Crippen LogP) is 0.788. The van der Waals surface area contributed by atoms with Crippen LogP contribution in [0, 0.1) is 23.7 Å². The maximum Gasteiger partial charge on any atom is 0.323 e. The lowest BCUT2D eigenvalue weighted by atomic mass is 10.1. The first-order chi connectivity index (χ1) is 9.56. The lowest BCUT2D eigenvalue weighted by Crippen LogP contribution is -2.42. The molecule has 6 heteroatoms. The molecule has 0 aliphatic heterocycles. The summed E-state index contributed by atoms with van der Waals surface area (Å²) in [5.41, 5.74) is 1.33. The second kappa shape index (κ2) is 7.45. The van der Waals surface area contributed by atoms with Crippen molar-refractivity contribution in [2.24, 2.45) is 0 Å². The van der Waals surface area contributed by atoms with Gasteiger partial charge in [0.05, 0.1) is 18.2 Å². The molecular formula is C14H13N3O3. The van der Waals surface area contributed by atoms with Gasteiger partial charge in [-0.05, 0) is 17.7 Å². The van der Waals surface area contributed by atoms with Crippen molar-refractivity contribution < 1.29 is 14.7 Å². The molecular weight excluding hydrogens is 258 g/mol. The van der Waals surface area contributed by atoms with Crippen LogP contribution in [-0.2, 0) is 11.3 Å². The molecule has 1 aromatic carbocycles. The molecule has 0 bridgehead atoms. The summed E-state index contributed by atoms with van der Waals surface area (Å²) >= 11 is 0. The van der Waals surface area contributed by atoms with Gasteiger partial charge in [-0.15, -0.1) is 6.42 Å². The Kier molecular flexibility index (Phi) is 5.61. The number of urea groups is 1. The fourth-order valence-electron chi connectivity index (χ4n) is 1.46. The van der Waals surface area contributed by atoms with E-state index in [2.05, 4.69) is 11.2 Å². The zero-order chi connectivity index (χ0) is 15.0. The van der Waals surface area contributed by atoms with Gasteiger partial charge in [0.2, 0.25) is 0 Å². The lowest BCUT2D eigenvalue weighted by Gasteiger charge is -2.18. The van der Waals surface area contributed by atoms with Crippen molar-refractivity contribution in [1.82, 2.24) is 10.2 Å². The van der Waals surface area contributed by atoms with E-state index in [0.717, 1.165) is 10.5 Å².